The molecule has 6 heteroatoms. The summed E-state index contributed by atoms with van der Waals surface area (Å²) < 4.78 is 2.63. The number of aromatic nitrogens is 2. The van der Waals surface area contributed by atoms with Crippen molar-refractivity contribution in [1.82, 2.24) is 9.38 Å². The number of rotatable bonds is 1. The zero-order chi connectivity index (χ0) is 10.1. The summed E-state index contributed by atoms with van der Waals surface area (Å²) in [6, 6.07) is 3.70. The SMILES string of the molecule is N/C(=N/O)c1cnc2ccc(Br)cn12. The fourth-order valence-electron chi connectivity index (χ4n) is 1.20. The maximum absolute atomic E-state index is 8.55. The van der Waals surface area contributed by atoms with Crippen molar-refractivity contribution >= 4 is 27.4 Å². The lowest BCUT2D eigenvalue weighted by Crippen LogP contribution is -2.15. The Morgan fingerprint density at radius 3 is 3.07 bits per heavy atom. The first-order valence-corrected chi connectivity index (χ1v) is 4.62. The Labute approximate surface area is 88.0 Å². The second-order valence-electron chi connectivity index (χ2n) is 2.70. The molecule has 14 heavy (non-hydrogen) atoms. The van der Waals surface area contributed by atoms with Crippen molar-refractivity contribution < 1.29 is 5.21 Å². The van der Waals surface area contributed by atoms with Crippen molar-refractivity contribution in [3.05, 3.63) is 34.7 Å². The highest BCUT2D eigenvalue weighted by atomic mass is 79.9. The van der Waals surface area contributed by atoms with Crippen LogP contribution >= 0.6 is 15.9 Å². The summed E-state index contributed by atoms with van der Waals surface area (Å²) >= 11 is 3.33. The van der Waals surface area contributed by atoms with Crippen LogP contribution in [0.5, 0.6) is 0 Å². The molecular formula is C8H7BrN4O. The highest BCUT2D eigenvalue weighted by Crippen LogP contribution is 2.13. The number of imidazole rings is 1. The van der Waals surface area contributed by atoms with E-state index in [4.69, 9.17) is 10.9 Å². The molecule has 0 aromatic carbocycles. The Hall–Kier alpha value is -1.56. The van der Waals surface area contributed by atoms with Gasteiger partial charge in [0.25, 0.3) is 0 Å². The number of hydrogen-bond acceptors (Lipinski definition) is 3. The van der Waals surface area contributed by atoms with Crippen molar-refractivity contribution in [2.24, 2.45) is 10.9 Å². The highest BCUT2D eigenvalue weighted by molar-refractivity contribution is 9.10. The van der Waals surface area contributed by atoms with Gasteiger partial charge < -0.3 is 10.9 Å². The molecule has 2 aromatic heterocycles. The van der Waals surface area contributed by atoms with E-state index >= 15 is 0 Å². The minimum atomic E-state index is 0.0376. The van der Waals surface area contributed by atoms with Crippen LogP contribution in [0, 0.1) is 0 Å². The van der Waals surface area contributed by atoms with E-state index in [0.717, 1.165) is 10.1 Å². The van der Waals surface area contributed by atoms with Crippen LogP contribution in [-0.2, 0) is 0 Å². The lowest BCUT2D eigenvalue weighted by atomic mass is 10.4. The summed E-state index contributed by atoms with van der Waals surface area (Å²) in [6.07, 6.45) is 3.35. The van der Waals surface area contributed by atoms with Gasteiger partial charge in [0, 0.05) is 10.7 Å². The second kappa shape index (κ2) is 3.30. The first-order valence-electron chi connectivity index (χ1n) is 3.83. The number of amidine groups is 1. The fourth-order valence-corrected chi connectivity index (χ4v) is 1.53. The molecule has 5 nitrogen and oxygen atoms in total. The van der Waals surface area contributed by atoms with Gasteiger partial charge >= 0.3 is 0 Å². The Morgan fingerprint density at radius 2 is 2.36 bits per heavy atom. The number of oxime groups is 1. The Balaban J connectivity index is 2.73. The molecular weight excluding hydrogens is 248 g/mol. The van der Waals surface area contributed by atoms with E-state index in [9.17, 15) is 0 Å². The number of fused-ring (bicyclic) bond motifs is 1. The second-order valence-corrected chi connectivity index (χ2v) is 3.62. The van der Waals surface area contributed by atoms with Crippen LogP contribution in [0.4, 0.5) is 0 Å². The van der Waals surface area contributed by atoms with E-state index in [0.29, 0.717) is 5.69 Å². The van der Waals surface area contributed by atoms with Gasteiger partial charge in [0.15, 0.2) is 5.84 Å². The van der Waals surface area contributed by atoms with E-state index < -0.39 is 0 Å². The van der Waals surface area contributed by atoms with Crippen LogP contribution in [-0.4, -0.2) is 20.4 Å². The first kappa shape index (κ1) is 9.01. The number of nitrogens with zero attached hydrogens (tertiary/aromatic N) is 3. The number of pyridine rings is 1. The molecule has 0 radical (unpaired) electrons. The zero-order valence-corrected chi connectivity index (χ0v) is 8.64. The number of nitrogens with two attached hydrogens (primary N) is 1. The minimum Gasteiger partial charge on any atom is -0.409 e. The monoisotopic (exact) mass is 254 g/mol. The standard InChI is InChI=1S/C8H7BrN4O/c9-5-1-2-7-11-3-6(8(10)12-14)13(7)4-5/h1-4,14H,(H2,10,12). The van der Waals surface area contributed by atoms with Gasteiger partial charge in [-0.2, -0.15) is 0 Å². The average Bonchev–Trinajstić information content (AvgIpc) is 2.59. The molecule has 0 saturated heterocycles. The molecule has 0 aliphatic carbocycles. The van der Waals surface area contributed by atoms with Gasteiger partial charge in [0.1, 0.15) is 11.3 Å². The van der Waals surface area contributed by atoms with Gasteiger partial charge in [-0.05, 0) is 28.1 Å². The first-order chi connectivity index (χ1) is 6.72. The van der Waals surface area contributed by atoms with Crippen molar-refractivity contribution in [1.29, 1.82) is 0 Å². The summed E-state index contributed by atoms with van der Waals surface area (Å²) in [6.45, 7) is 0. The van der Waals surface area contributed by atoms with Gasteiger partial charge in [-0.25, -0.2) is 4.98 Å². The maximum atomic E-state index is 8.55. The largest absolute Gasteiger partial charge is 0.409 e. The summed E-state index contributed by atoms with van der Waals surface area (Å²) in [5.74, 6) is 0.0376. The third-order valence-electron chi connectivity index (χ3n) is 1.84. The average molecular weight is 255 g/mol. The van der Waals surface area contributed by atoms with Crippen LogP contribution in [0.1, 0.15) is 5.69 Å². The van der Waals surface area contributed by atoms with Crippen LogP contribution < -0.4 is 5.73 Å². The normalized spacial score (nSPS) is 12.2. The van der Waals surface area contributed by atoms with Crippen LogP contribution in [0.25, 0.3) is 5.65 Å². The van der Waals surface area contributed by atoms with Gasteiger partial charge in [0.2, 0.25) is 0 Å². The predicted molar refractivity (Wildman–Crippen MR) is 55.4 cm³/mol. The molecule has 2 heterocycles. The Bertz CT molecular complexity index is 505. The van der Waals surface area contributed by atoms with E-state index in [1.165, 1.54) is 0 Å². The molecule has 72 valence electrons. The lowest BCUT2D eigenvalue weighted by Gasteiger charge is -1.99. The molecule has 2 aromatic rings. The molecule has 0 atom stereocenters. The molecule has 3 N–H and O–H groups in total. The molecule has 0 aliphatic heterocycles. The van der Waals surface area contributed by atoms with Crippen molar-refractivity contribution in [3.8, 4) is 0 Å². The van der Waals surface area contributed by atoms with Gasteiger partial charge in [0.05, 0.1) is 6.20 Å². The van der Waals surface area contributed by atoms with Gasteiger partial charge in [-0.3, -0.25) is 4.40 Å². The zero-order valence-electron chi connectivity index (χ0n) is 7.05. The summed E-state index contributed by atoms with van der Waals surface area (Å²) in [5, 5.41) is 11.5. The fraction of sp³-hybridized carbons (Fsp3) is 0. The third kappa shape index (κ3) is 1.33. The van der Waals surface area contributed by atoms with E-state index in [1.54, 1.807) is 16.8 Å². The molecule has 0 fully saturated rings. The predicted octanol–water partition coefficient (Wildman–Crippen LogP) is 1.19. The Kier molecular flexibility index (Phi) is 2.12. The molecule has 0 spiro atoms. The van der Waals surface area contributed by atoms with Crippen LogP contribution in [0.15, 0.2) is 34.2 Å². The molecule has 0 aliphatic rings. The number of hydrogen-bond donors (Lipinski definition) is 2. The molecule has 0 unspecified atom stereocenters. The molecule has 0 bridgehead atoms. The van der Waals surface area contributed by atoms with Gasteiger partial charge in [-0.15, -0.1) is 0 Å². The van der Waals surface area contributed by atoms with Crippen molar-refractivity contribution in [2.75, 3.05) is 0 Å². The minimum absolute atomic E-state index is 0.0376. The van der Waals surface area contributed by atoms with E-state index in [1.807, 2.05) is 12.1 Å². The van der Waals surface area contributed by atoms with E-state index in [-0.39, 0.29) is 5.84 Å². The van der Waals surface area contributed by atoms with Gasteiger partial charge in [-0.1, -0.05) is 5.16 Å². The van der Waals surface area contributed by atoms with Crippen LogP contribution in [0.2, 0.25) is 0 Å². The summed E-state index contributed by atoms with van der Waals surface area (Å²) in [7, 11) is 0. The van der Waals surface area contributed by atoms with E-state index in [2.05, 4.69) is 26.1 Å². The summed E-state index contributed by atoms with van der Waals surface area (Å²) in [5.41, 5.74) is 6.78. The molecule has 0 saturated carbocycles. The lowest BCUT2D eigenvalue weighted by molar-refractivity contribution is 0.318. The van der Waals surface area contributed by atoms with Crippen molar-refractivity contribution in [2.45, 2.75) is 0 Å². The third-order valence-corrected chi connectivity index (χ3v) is 2.31. The topological polar surface area (TPSA) is 75.9 Å². The highest BCUT2D eigenvalue weighted by Gasteiger charge is 2.06. The smallest absolute Gasteiger partial charge is 0.188 e. The van der Waals surface area contributed by atoms with Crippen molar-refractivity contribution in [3.63, 3.8) is 0 Å². The molecule has 0 amide bonds. The number of halogens is 1. The summed E-state index contributed by atoms with van der Waals surface area (Å²) in [4.78, 5) is 4.10. The van der Waals surface area contributed by atoms with Crippen LogP contribution in [0.3, 0.4) is 0 Å². The molecule has 2 rings (SSSR count). The maximum Gasteiger partial charge on any atom is 0.188 e. The quantitative estimate of drug-likeness (QED) is 0.348. The Morgan fingerprint density at radius 1 is 1.57 bits per heavy atom.